The zero-order chi connectivity index (χ0) is 57.2. The summed E-state index contributed by atoms with van der Waals surface area (Å²) in [5.74, 6) is -6.87. The van der Waals surface area contributed by atoms with Crippen LogP contribution in [0.5, 0.6) is 11.5 Å². The van der Waals surface area contributed by atoms with Gasteiger partial charge in [0.15, 0.2) is 11.3 Å². The minimum Gasteiger partial charge on any atom is -0.460 e. The van der Waals surface area contributed by atoms with Gasteiger partial charge in [0.1, 0.15) is 40.2 Å². The van der Waals surface area contributed by atoms with Gasteiger partial charge in [-0.25, -0.2) is 22.9 Å². The minimum absolute atomic E-state index is 0.0840. The van der Waals surface area contributed by atoms with Gasteiger partial charge in [-0.05, 0) is 110 Å². The van der Waals surface area contributed by atoms with E-state index >= 15 is 0 Å². The normalized spacial score (nSPS) is 18.7. The maximum Gasteiger partial charge on any atom is 0.524 e. The maximum atomic E-state index is 14.6. The number of pyridine rings is 1. The Kier molecular flexibility index (Phi) is 17.7. The standard InChI is InChI=1S/C52H66F2N5O17P/c1-28-18-32(20-39(60)56-36(47(65)74-50(7,8)9)22-40(61)73-49(4,5)6)41(37(19-28)75-77(67,68)69)51(10,11)16-17-70-48(66)72-27-71-44-42-46(64)58-26-38(52(15-14-30(58)3)23-29(2)57-76-52)59(42)25-34(43(44)62)45(63)55-24-31-12-13-33(53)21-35(31)54/h12-13,18-19,21,25,30,36,38H,14-17,20,22-24,26-27H2,1-11H3,(H,55,63)(H,56,60)(H2,67,68,69)/t30-,36-,38+,52-/m0/s1. The Hall–Kier alpha value is -6.91. The highest BCUT2D eigenvalue weighted by Gasteiger charge is 2.54. The summed E-state index contributed by atoms with van der Waals surface area (Å²) < 4.78 is 74.3. The molecule has 3 amide bonds. The fourth-order valence-electron chi connectivity index (χ4n) is 9.50. The van der Waals surface area contributed by atoms with Crippen molar-refractivity contribution in [2.45, 2.75) is 162 Å². The van der Waals surface area contributed by atoms with E-state index < -0.39 is 139 Å². The van der Waals surface area contributed by atoms with Gasteiger partial charge in [-0.3, -0.25) is 33.8 Å². The Morgan fingerprint density at radius 3 is 2.27 bits per heavy atom. The Morgan fingerprint density at radius 1 is 0.961 bits per heavy atom. The van der Waals surface area contributed by atoms with Gasteiger partial charge < -0.3 is 53.1 Å². The summed E-state index contributed by atoms with van der Waals surface area (Å²) in [6.07, 6.45) is -0.0394. The number of phosphoric ester groups is 1. The average molecular weight is 1100 g/mol. The quantitative estimate of drug-likeness (QED) is 0.0457. The van der Waals surface area contributed by atoms with Crippen molar-refractivity contribution >= 4 is 49.3 Å². The van der Waals surface area contributed by atoms with Crippen LogP contribution < -0.4 is 25.3 Å². The van der Waals surface area contributed by atoms with Crippen LogP contribution in [0.2, 0.25) is 0 Å². The molecule has 4 atom stereocenters. The molecule has 0 saturated carbocycles. The van der Waals surface area contributed by atoms with E-state index in [1.165, 1.54) is 16.8 Å². The highest BCUT2D eigenvalue weighted by atomic mass is 31.2. The monoisotopic (exact) mass is 1100 g/mol. The number of nitrogens with zero attached hydrogens (tertiary/aromatic N) is 3. The first-order chi connectivity index (χ1) is 35.7. The maximum absolute atomic E-state index is 14.6. The Morgan fingerprint density at radius 2 is 1.65 bits per heavy atom. The number of benzene rings is 2. The minimum atomic E-state index is -5.23. The molecule has 2 aromatic carbocycles. The van der Waals surface area contributed by atoms with Gasteiger partial charge >= 0.3 is 25.9 Å². The number of halogens is 2. The molecular formula is C52H66F2N5O17P. The number of ether oxygens (including phenoxy) is 5. The van der Waals surface area contributed by atoms with Gasteiger partial charge in [-0.15, -0.1) is 0 Å². The number of phosphoric acid groups is 1. The van der Waals surface area contributed by atoms with Gasteiger partial charge in [0, 0.05) is 48.9 Å². The van der Waals surface area contributed by atoms with Crippen molar-refractivity contribution in [1.29, 1.82) is 0 Å². The summed E-state index contributed by atoms with van der Waals surface area (Å²) in [7, 11) is -5.23. The first-order valence-corrected chi connectivity index (χ1v) is 26.3. The van der Waals surface area contributed by atoms with Crippen LogP contribution in [0.4, 0.5) is 13.6 Å². The molecule has 4 heterocycles. The Labute approximate surface area is 443 Å². The molecule has 1 fully saturated rings. The number of carbonyl (C=O) groups is 6. The fraction of sp³-hybridized carbons (Fsp3) is 0.538. The number of hydrogen-bond acceptors (Lipinski definition) is 16. The third kappa shape index (κ3) is 15.0. The van der Waals surface area contributed by atoms with E-state index in [1.54, 1.807) is 80.2 Å². The number of oxime groups is 1. The van der Waals surface area contributed by atoms with E-state index in [0.29, 0.717) is 36.6 Å². The van der Waals surface area contributed by atoms with Gasteiger partial charge in [0.05, 0.1) is 31.2 Å². The lowest BCUT2D eigenvalue weighted by Crippen LogP contribution is -2.52. The van der Waals surface area contributed by atoms with Crippen LogP contribution in [0.15, 0.2) is 46.5 Å². The zero-order valence-corrected chi connectivity index (χ0v) is 45.7. The van der Waals surface area contributed by atoms with Crippen molar-refractivity contribution in [1.82, 2.24) is 20.1 Å². The number of carbonyl (C=O) groups excluding carboxylic acids is 6. The molecule has 4 N–H and O–H groups in total. The summed E-state index contributed by atoms with van der Waals surface area (Å²) in [5, 5.41) is 9.20. The number of aryl methyl sites for hydroxylation is 1. The van der Waals surface area contributed by atoms with Crippen LogP contribution in [0.3, 0.4) is 0 Å². The summed E-state index contributed by atoms with van der Waals surface area (Å²) >= 11 is 0. The molecular weight excluding hydrogens is 1040 g/mol. The molecule has 1 saturated heterocycles. The van der Waals surface area contributed by atoms with Crippen molar-refractivity contribution in [3.63, 3.8) is 0 Å². The molecule has 77 heavy (non-hydrogen) atoms. The first kappa shape index (κ1) is 59.3. The molecule has 1 aromatic heterocycles. The third-order valence-corrected chi connectivity index (χ3v) is 13.3. The van der Waals surface area contributed by atoms with Gasteiger partial charge in [0.25, 0.3) is 11.8 Å². The van der Waals surface area contributed by atoms with E-state index in [-0.39, 0.29) is 47.1 Å². The summed E-state index contributed by atoms with van der Waals surface area (Å²) in [5.41, 5.74) is -4.71. The Bertz CT molecular complexity index is 2960. The largest absolute Gasteiger partial charge is 0.524 e. The van der Waals surface area contributed by atoms with Crippen LogP contribution in [0.25, 0.3) is 0 Å². The van der Waals surface area contributed by atoms with Crippen LogP contribution in [-0.2, 0) is 61.1 Å². The first-order valence-electron chi connectivity index (χ1n) is 24.8. The van der Waals surface area contributed by atoms with Crippen LogP contribution in [0, 0.1) is 18.6 Å². The summed E-state index contributed by atoms with van der Waals surface area (Å²) in [4.78, 5) is 123. The fourth-order valence-corrected chi connectivity index (χ4v) is 9.90. The lowest BCUT2D eigenvalue weighted by atomic mass is 9.77. The molecule has 0 radical (unpaired) electrons. The highest BCUT2D eigenvalue weighted by molar-refractivity contribution is 7.46. The number of nitrogens with one attached hydrogen (secondary N) is 2. The van der Waals surface area contributed by atoms with E-state index in [1.807, 2.05) is 6.92 Å². The lowest BCUT2D eigenvalue weighted by Gasteiger charge is -2.42. The van der Waals surface area contributed by atoms with Crippen molar-refractivity contribution in [2.24, 2.45) is 5.16 Å². The number of esters is 2. The van der Waals surface area contributed by atoms with Crippen LogP contribution in [0.1, 0.15) is 150 Å². The predicted octanol–water partition coefficient (Wildman–Crippen LogP) is 6.51. The van der Waals surface area contributed by atoms with E-state index in [0.717, 1.165) is 12.1 Å². The molecule has 420 valence electrons. The molecule has 1 spiro atoms. The van der Waals surface area contributed by atoms with Crippen molar-refractivity contribution < 1.29 is 84.9 Å². The SMILES string of the molecule is CC1=NO[C@@]2(CC[C@H](C)N3C[C@H]2n2cc(C(=O)NCc4ccc(F)cc4F)c(=O)c(OCOC(=O)OCCC(C)(C)c4c(CC(=O)N[C@@H](CC(=O)OC(C)(C)C)C(=O)OC(C)(C)C)cc(C)cc4OP(=O)(O)O)c2C3=O)C1. The third-order valence-electron chi connectivity index (χ3n) is 12.8. The van der Waals surface area contributed by atoms with Crippen LogP contribution in [-0.4, -0.2) is 110 Å². The van der Waals surface area contributed by atoms with Gasteiger partial charge in [-0.1, -0.05) is 31.1 Å². The number of rotatable bonds is 18. The molecule has 0 unspecified atom stereocenters. The molecule has 3 aliphatic heterocycles. The predicted molar refractivity (Wildman–Crippen MR) is 270 cm³/mol. The number of fused-ring (bicyclic) bond motifs is 5. The van der Waals surface area contributed by atoms with Gasteiger partial charge in [-0.2, -0.15) is 0 Å². The van der Waals surface area contributed by atoms with Gasteiger partial charge in [0.2, 0.25) is 23.9 Å². The summed E-state index contributed by atoms with van der Waals surface area (Å²) in [6, 6.07) is 3.12. The smallest absolute Gasteiger partial charge is 0.460 e. The second-order valence-corrected chi connectivity index (χ2v) is 23.2. The van der Waals surface area contributed by atoms with E-state index in [4.69, 9.17) is 33.0 Å². The second kappa shape index (κ2) is 23.0. The molecule has 22 nitrogen and oxygen atoms in total. The van der Waals surface area contributed by atoms with Crippen LogP contribution >= 0.6 is 7.82 Å². The number of aromatic nitrogens is 1. The number of hydrogen-bond donors (Lipinski definition) is 4. The lowest BCUT2D eigenvalue weighted by molar-refractivity contribution is -0.165. The molecule has 0 aliphatic carbocycles. The van der Waals surface area contributed by atoms with E-state index in [2.05, 4.69) is 15.8 Å². The average Bonchev–Trinajstić information content (AvgIpc) is 3.62. The molecule has 25 heteroatoms. The van der Waals surface area contributed by atoms with Crippen molar-refractivity contribution in [2.75, 3.05) is 19.9 Å². The summed E-state index contributed by atoms with van der Waals surface area (Å²) in [6.45, 7) is 16.3. The molecule has 3 aliphatic rings. The molecule has 2 bridgehead atoms. The highest BCUT2D eigenvalue weighted by Crippen LogP contribution is 2.47. The topological polar surface area (TPSA) is 286 Å². The second-order valence-electron chi connectivity index (χ2n) is 22.0. The molecule has 3 aromatic rings. The van der Waals surface area contributed by atoms with Crippen molar-refractivity contribution in [3.8, 4) is 11.5 Å². The molecule has 6 rings (SSSR count). The van der Waals surface area contributed by atoms with Crippen molar-refractivity contribution in [3.05, 3.63) is 91.9 Å². The number of amides is 3. The Balaban J connectivity index is 1.22. The zero-order valence-electron chi connectivity index (χ0n) is 44.8. The van der Waals surface area contributed by atoms with E-state index in [9.17, 15) is 56.7 Å².